The van der Waals surface area contributed by atoms with E-state index in [4.69, 9.17) is 9.47 Å². The quantitative estimate of drug-likeness (QED) is 0.231. The zero-order valence-corrected chi connectivity index (χ0v) is 22.9. The largest absolute Gasteiger partial charge is 0.494 e. The number of aromatic nitrogens is 3. The summed E-state index contributed by atoms with van der Waals surface area (Å²) < 4.78 is 13.2. The van der Waals surface area contributed by atoms with Crippen LogP contribution in [0.25, 0.3) is 11.0 Å². The Balaban J connectivity index is 1.29. The highest BCUT2D eigenvalue weighted by atomic mass is 16.5. The van der Waals surface area contributed by atoms with E-state index < -0.39 is 0 Å². The Morgan fingerprint density at radius 3 is 2.56 bits per heavy atom. The first-order chi connectivity index (χ1) is 18.9. The molecule has 0 radical (unpaired) electrons. The summed E-state index contributed by atoms with van der Waals surface area (Å²) in [5.41, 5.74) is 6.43. The standard InChI is InChI=1S/C31H34N4O4/c1-5-20-10-12-22(13-11-20)31(37)35-15-14-25-23(19-35)8-7-9-27(25)39-29(36)18-21(6-2)24-16-26-30(28(17-24)38-4)34(3)33-32-26/h7-13,16-17,21H,5-6,14-15,18-19H2,1-4H3. The molecule has 0 aliphatic carbocycles. The van der Waals surface area contributed by atoms with Gasteiger partial charge in [-0.3, -0.25) is 9.59 Å². The summed E-state index contributed by atoms with van der Waals surface area (Å²) in [6.07, 6.45) is 2.56. The SMILES string of the molecule is CCc1ccc(C(=O)N2CCc3c(cccc3OC(=O)CC(CC)c3cc(OC)c4c(c3)nnn4C)C2)cc1. The first kappa shape index (κ1) is 26.4. The van der Waals surface area contributed by atoms with Crippen LogP contribution in [0.5, 0.6) is 11.5 Å². The van der Waals surface area contributed by atoms with Crippen LogP contribution in [0.1, 0.15) is 65.2 Å². The molecular weight excluding hydrogens is 492 g/mol. The van der Waals surface area contributed by atoms with Crippen molar-refractivity contribution in [2.24, 2.45) is 7.05 Å². The fraction of sp³-hybridized carbons (Fsp3) is 0.355. The van der Waals surface area contributed by atoms with Gasteiger partial charge in [-0.1, -0.05) is 43.3 Å². The predicted octanol–water partition coefficient (Wildman–Crippen LogP) is 5.23. The molecule has 2 heterocycles. The Morgan fingerprint density at radius 1 is 1.05 bits per heavy atom. The van der Waals surface area contributed by atoms with E-state index in [0.717, 1.165) is 40.6 Å². The maximum Gasteiger partial charge on any atom is 0.311 e. The molecule has 4 aromatic rings. The molecule has 5 rings (SSSR count). The van der Waals surface area contributed by atoms with Gasteiger partial charge in [-0.15, -0.1) is 5.10 Å². The highest BCUT2D eigenvalue weighted by Crippen LogP contribution is 2.34. The normalized spacial score (nSPS) is 13.7. The lowest BCUT2D eigenvalue weighted by Gasteiger charge is -2.30. The number of nitrogens with zero attached hydrogens (tertiary/aromatic N) is 4. The van der Waals surface area contributed by atoms with Crippen LogP contribution < -0.4 is 9.47 Å². The monoisotopic (exact) mass is 526 g/mol. The number of fused-ring (bicyclic) bond motifs is 2. The Bertz CT molecular complexity index is 1510. The van der Waals surface area contributed by atoms with Gasteiger partial charge in [0.1, 0.15) is 22.5 Å². The number of benzene rings is 3. The van der Waals surface area contributed by atoms with Crippen molar-refractivity contribution in [1.82, 2.24) is 19.9 Å². The van der Waals surface area contributed by atoms with E-state index in [2.05, 4.69) is 24.2 Å². The summed E-state index contributed by atoms with van der Waals surface area (Å²) in [5, 5.41) is 8.33. The molecule has 202 valence electrons. The molecule has 1 amide bonds. The van der Waals surface area contributed by atoms with E-state index in [0.29, 0.717) is 36.6 Å². The molecule has 0 spiro atoms. The van der Waals surface area contributed by atoms with Crippen LogP contribution in [0.15, 0.2) is 54.6 Å². The number of aryl methyl sites for hydroxylation is 2. The van der Waals surface area contributed by atoms with Crippen molar-refractivity contribution in [2.45, 2.75) is 52.0 Å². The molecule has 1 aromatic heterocycles. The number of carbonyl (C=O) groups is 2. The summed E-state index contributed by atoms with van der Waals surface area (Å²) in [6.45, 7) is 5.22. The Labute approximate surface area is 228 Å². The van der Waals surface area contributed by atoms with Crippen molar-refractivity contribution in [1.29, 1.82) is 0 Å². The van der Waals surface area contributed by atoms with E-state index in [1.807, 2.05) is 66.5 Å². The van der Waals surface area contributed by atoms with Gasteiger partial charge in [0.05, 0.1) is 13.5 Å². The van der Waals surface area contributed by atoms with Gasteiger partial charge in [-0.25, -0.2) is 4.68 Å². The Hall–Kier alpha value is -4.20. The molecule has 1 unspecified atom stereocenters. The summed E-state index contributed by atoms with van der Waals surface area (Å²) in [5.74, 6) is 0.938. The third kappa shape index (κ3) is 5.37. The van der Waals surface area contributed by atoms with Crippen molar-refractivity contribution < 1.29 is 19.1 Å². The van der Waals surface area contributed by atoms with Gasteiger partial charge in [0.25, 0.3) is 5.91 Å². The smallest absolute Gasteiger partial charge is 0.311 e. The van der Waals surface area contributed by atoms with Crippen LogP contribution in [0, 0.1) is 0 Å². The number of rotatable bonds is 8. The molecule has 3 aromatic carbocycles. The lowest BCUT2D eigenvalue weighted by atomic mass is 9.92. The van der Waals surface area contributed by atoms with Crippen LogP contribution >= 0.6 is 0 Å². The predicted molar refractivity (Wildman–Crippen MR) is 149 cm³/mol. The molecule has 39 heavy (non-hydrogen) atoms. The van der Waals surface area contributed by atoms with E-state index in [-0.39, 0.29) is 24.2 Å². The van der Waals surface area contributed by atoms with Gasteiger partial charge in [0.2, 0.25) is 0 Å². The first-order valence-electron chi connectivity index (χ1n) is 13.5. The topological polar surface area (TPSA) is 86.6 Å². The summed E-state index contributed by atoms with van der Waals surface area (Å²) in [4.78, 5) is 28.1. The number of ether oxygens (including phenoxy) is 2. The molecule has 0 saturated heterocycles. The second-order valence-electron chi connectivity index (χ2n) is 10.0. The average molecular weight is 527 g/mol. The zero-order valence-electron chi connectivity index (χ0n) is 22.9. The van der Waals surface area contributed by atoms with Gasteiger partial charge in [0.15, 0.2) is 0 Å². The molecule has 8 heteroatoms. The van der Waals surface area contributed by atoms with E-state index in [1.165, 1.54) is 5.56 Å². The minimum atomic E-state index is -0.289. The number of methoxy groups -OCH3 is 1. The molecule has 8 nitrogen and oxygen atoms in total. The molecule has 1 aliphatic rings. The van der Waals surface area contributed by atoms with Crippen molar-refractivity contribution in [3.63, 3.8) is 0 Å². The highest BCUT2D eigenvalue weighted by molar-refractivity contribution is 5.94. The van der Waals surface area contributed by atoms with Crippen molar-refractivity contribution in [3.05, 3.63) is 82.4 Å². The summed E-state index contributed by atoms with van der Waals surface area (Å²) >= 11 is 0. The fourth-order valence-corrected chi connectivity index (χ4v) is 5.34. The number of carbonyl (C=O) groups excluding carboxylic acids is 2. The van der Waals surface area contributed by atoms with Crippen molar-refractivity contribution in [3.8, 4) is 11.5 Å². The van der Waals surface area contributed by atoms with E-state index in [9.17, 15) is 9.59 Å². The number of amides is 1. The van der Waals surface area contributed by atoms with E-state index >= 15 is 0 Å². The molecule has 1 atom stereocenters. The minimum Gasteiger partial charge on any atom is -0.494 e. The second-order valence-corrected chi connectivity index (χ2v) is 10.0. The highest BCUT2D eigenvalue weighted by Gasteiger charge is 2.26. The Morgan fingerprint density at radius 2 is 1.85 bits per heavy atom. The van der Waals surface area contributed by atoms with Crippen LogP contribution in [0.3, 0.4) is 0 Å². The summed E-state index contributed by atoms with van der Waals surface area (Å²) in [7, 11) is 3.45. The van der Waals surface area contributed by atoms with Gasteiger partial charge >= 0.3 is 5.97 Å². The van der Waals surface area contributed by atoms with Crippen LogP contribution in [0.4, 0.5) is 0 Å². The average Bonchev–Trinajstić information content (AvgIpc) is 3.35. The fourth-order valence-electron chi connectivity index (χ4n) is 5.34. The first-order valence-corrected chi connectivity index (χ1v) is 13.5. The summed E-state index contributed by atoms with van der Waals surface area (Å²) in [6, 6.07) is 17.5. The maximum absolute atomic E-state index is 13.1. The van der Waals surface area contributed by atoms with Gasteiger partial charge in [-0.2, -0.15) is 0 Å². The van der Waals surface area contributed by atoms with Crippen molar-refractivity contribution in [2.75, 3.05) is 13.7 Å². The molecular formula is C31H34N4O4. The van der Waals surface area contributed by atoms with Gasteiger partial charge < -0.3 is 14.4 Å². The molecule has 0 saturated carbocycles. The van der Waals surface area contributed by atoms with E-state index in [1.54, 1.807) is 11.8 Å². The number of hydrogen-bond acceptors (Lipinski definition) is 6. The number of hydrogen-bond donors (Lipinski definition) is 0. The van der Waals surface area contributed by atoms with Crippen LogP contribution in [-0.2, 0) is 31.2 Å². The Kier molecular flexibility index (Phi) is 7.63. The van der Waals surface area contributed by atoms with Gasteiger partial charge in [0, 0.05) is 31.3 Å². The molecule has 1 aliphatic heterocycles. The van der Waals surface area contributed by atoms with Gasteiger partial charge in [-0.05, 0) is 72.2 Å². The molecule has 0 bridgehead atoms. The minimum absolute atomic E-state index is 0.0204. The third-order valence-electron chi connectivity index (χ3n) is 7.63. The van der Waals surface area contributed by atoms with Crippen LogP contribution in [-0.4, -0.2) is 45.4 Å². The lowest BCUT2D eigenvalue weighted by Crippen LogP contribution is -2.36. The van der Waals surface area contributed by atoms with Crippen LogP contribution in [0.2, 0.25) is 0 Å². The zero-order chi connectivity index (χ0) is 27.5. The molecule has 0 fully saturated rings. The molecule has 0 N–H and O–H groups in total. The lowest BCUT2D eigenvalue weighted by molar-refractivity contribution is -0.134. The van der Waals surface area contributed by atoms with Crippen molar-refractivity contribution >= 4 is 22.9 Å². The second kappa shape index (κ2) is 11.3. The number of esters is 1. The third-order valence-corrected chi connectivity index (χ3v) is 7.63. The maximum atomic E-state index is 13.1.